The summed E-state index contributed by atoms with van der Waals surface area (Å²) in [7, 11) is 0. The Balaban J connectivity index is 1.98. The van der Waals surface area contributed by atoms with E-state index in [-0.39, 0.29) is 24.0 Å². The third-order valence-corrected chi connectivity index (χ3v) is 3.46. The van der Waals surface area contributed by atoms with Crippen LogP contribution in [0.5, 0.6) is 0 Å². The molecule has 0 aromatic rings. The Morgan fingerprint density at radius 1 is 1.53 bits per heavy atom. The first kappa shape index (κ1) is 12.6. The van der Waals surface area contributed by atoms with Crippen LogP contribution < -0.4 is 0 Å². The quantitative estimate of drug-likeness (QED) is 0.742. The molecular weight excluding hydrogens is 222 g/mol. The van der Waals surface area contributed by atoms with Gasteiger partial charge in [-0.15, -0.1) is 0 Å². The largest absolute Gasteiger partial charge is 0.444 e. The van der Waals surface area contributed by atoms with E-state index in [2.05, 4.69) is 0 Å². The van der Waals surface area contributed by atoms with Gasteiger partial charge in [0.05, 0.1) is 13.2 Å². The predicted octanol–water partition coefficient (Wildman–Crippen LogP) is 0.862. The second-order valence-corrected chi connectivity index (χ2v) is 6.10. The first-order valence-corrected chi connectivity index (χ1v) is 6.03. The highest BCUT2D eigenvalue weighted by atomic mass is 16.6. The van der Waals surface area contributed by atoms with Crippen molar-refractivity contribution in [2.24, 2.45) is 11.3 Å². The van der Waals surface area contributed by atoms with Gasteiger partial charge in [0.2, 0.25) is 0 Å². The topological polar surface area (TPSA) is 59.0 Å². The van der Waals surface area contributed by atoms with Crippen molar-refractivity contribution in [1.82, 2.24) is 4.90 Å². The fraction of sp³-hybridized carbons (Fsp3) is 0.917. The molecule has 0 aromatic carbocycles. The average Bonchev–Trinajstić information content (AvgIpc) is 2.53. The zero-order chi connectivity index (χ0) is 12.7. The summed E-state index contributed by atoms with van der Waals surface area (Å²) in [5.74, 6) is 0.115. The summed E-state index contributed by atoms with van der Waals surface area (Å²) >= 11 is 0. The van der Waals surface area contributed by atoms with Crippen LogP contribution in [0.3, 0.4) is 0 Å². The summed E-state index contributed by atoms with van der Waals surface area (Å²) in [4.78, 5) is 13.6. The highest BCUT2D eigenvalue weighted by Crippen LogP contribution is 2.42. The third-order valence-electron chi connectivity index (χ3n) is 3.46. The smallest absolute Gasteiger partial charge is 0.410 e. The van der Waals surface area contributed by atoms with Crippen molar-refractivity contribution in [2.75, 3.05) is 32.9 Å². The van der Waals surface area contributed by atoms with E-state index in [0.717, 1.165) is 0 Å². The van der Waals surface area contributed by atoms with E-state index < -0.39 is 5.60 Å². The van der Waals surface area contributed by atoms with Gasteiger partial charge in [0.1, 0.15) is 5.60 Å². The van der Waals surface area contributed by atoms with Crippen molar-refractivity contribution < 1.29 is 19.4 Å². The van der Waals surface area contributed by atoms with Gasteiger partial charge in [-0.3, -0.25) is 0 Å². The number of likely N-dealkylation sites (tertiary alicyclic amines) is 1. The van der Waals surface area contributed by atoms with Crippen LogP contribution in [0.2, 0.25) is 0 Å². The number of aliphatic hydroxyl groups excluding tert-OH is 1. The van der Waals surface area contributed by atoms with Gasteiger partial charge in [-0.1, -0.05) is 0 Å². The Morgan fingerprint density at radius 3 is 2.53 bits per heavy atom. The molecule has 1 atom stereocenters. The molecule has 2 rings (SSSR count). The Labute approximate surface area is 102 Å². The molecule has 2 heterocycles. The van der Waals surface area contributed by atoms with Gasteiger partial charge < -0.3 is 19.5 Å². The second kappa shape index (κ2) is 4.14. The van der Waals surface area contributed by atoms with Crippen molar-refractivity contribution in [2.45, 2.75) is 26.4 Å². The lowest BCUT2D eigenvalue weighted by atomic mass is 9.77. The fourth-order valence-corrected chi connectivity index (χ4v) is 2.44. The third kappa shape index (κ3) is 2.40. The number of carbonyl (C=O) groups is 1. The van der Waals surface area contributed by atoms with Crippen LogP contribution >= 0.6 is 0 Å². The summed E-state index contributed by atoms with van der Waals surface area (Å²) in [6.07, 6.45) is -0.292. The van der Waals surface area contributed by atoms with E-state index >= 15 is 0 Å². The van der Waals surface area contributed by atoms with E-state index in [1.54, 1.807) is 4.90 Å². The first-order valence-electron chi connectivity index (χ1n) is 6.03. The summed E-state index contributed by atoms with van der Waals surface area (Å²) in [5.41, 5.74) is -0.511. The van der Waals surface area contributed by atoms with Crippen LogP contribution in [0.1, 0.15) is 20.8 Å². The molecule has 5 nitrogen and oxygen atoms in total. The fourth-order valence-electron chi connectivity index (χ4n) is 2.44. The van der Waals surface area contributed by atoms with Crippen LogP contribution in [0, 0.1) is 11.3 Å². The average molecular weight is 243 g/mol. The monoisotopic (exact) mass is 243 g/mol. The molecule has 2 fully saturated rings. The van der Waals surface area contributed by atoms with Crippen molar-refractivity contribution in [3.63, 3.8) is 0 Å². The maximum atomic E-state index is 11.9. The Kier molecular flexibility index (Phi) is 3.08. The molecule has 1 amide bonds. The van der Waals surface area contributed by atoms with Crippen molar-refractivity contribution >= 4 is 6.09 Å². The van der Waals surface area contributed by atoms with E-state index in [4.69, 9.17) is 9.47 Å². The summed E-state index contributed by atoms with van der Waals surface area (Å²) < 4.78 is 10.6. The van der Waals surface area contributed by atoms with Gasteiger partial charge in [0.15, 0.2) is 0 Å². The van der Waals surface area contributed by atoms with E-state index in [1.165, 1.54) is 0 Å². The molecule has 2 aliphatic heterocycles. The maximum Gasteiger partial charge on any atom is 0.410 e. The van der Waals surface area contributed by atoms with Crippen LogP contribution in [0.4, 0.5) is 4.79 Å². The van der Waals surface area contributed by atoms with Gasteiger partial charge in [0.25, 0.3) is 0 Å². The molecule has 1 N–H and O–H groups in total. The summed E-state index contributed by atoms with van der Waals surface area (Å²) in [6.45, 7) is 8.13. The molecule has 0 saturated carbocycles. The lowest BCUT2D eigenvalue weighted by Gasteiger charge is -2.41. The normalized spacial score (nSPS) is 27.1. The standard InChI is InChI=1S/C12H21NO4/c1-11(2,3)17-10(15)13-4-9(5-14)12(6-13)7-16-8-12/h9,14H,4-8H2,1-3H3/t9-/m0/s1. The molecule has 5 heteroatoms. The Morgan fingerprint density at radius 2 is 2.18 bits per heavy atom. The van der Waals surface area contributed by atoms with Crippen LogP contribution in [-0.4, -0.2) is 54.6 Å². The lowest BCUT2D eigenvalue weighted by molar-refractivity contribution is -0.134. The van der Waals surface area contributed by atoms with Gasteiger partial charge in [-0.05, 0) is 20.8 Å². The predicted molar refractivity (Wildman–Crippen MR) is 61.6 cm³/mol. The SMILES string of the molecule is CC(C)(C)OC(=O)N1C[C@@H](CO)C2(COC2)C1. The highest BCUT2D eigenvalue weighted by Gasteiger charge is 2.53. The van der Waals surface area contributed by atoms with Crippen molar-refractivity contribution in [1.29, 1.82) is 0 Å². The van der Waals surface area contributed by atoms with Crippen molar-refractivity contribution in [3.8, 4) is 0 Å². The Bertz CT molecular complexity index is 306. The summed E-state index contributed by atoms with van der Waals surface area (Å²) in [5, 5.41) is 9.36. The zero-order valence-electron chi connectivity index (χ0n) is 10.7. The molecule has 2 aliphatic rings. The van der Waals surface area contributed by atoms with Crippen LogP contribution in [0.15, 0.2) is 0 Å². The molecule has 0 unspecified atom stereocenters. The van der Waals surface area contributed by atoms with Gasteiger partial charge in [0, 0.05) is 31.0 Å². The van der Waals surface area contributed by atoms with E-state index in [9.17, 15) is 9.90 Å². The van der Waals surface area contributed by atoms with Gasteiger partial charge >= 0.3 is 6.09 Å². The molecule has 0 aromatic heterocycles. The minimum absolute atomic E-state index is 0.0361. The molecule has 98 valence electrons. The number of aliphatic hydroxyl groups is 1. The number of carbonyl (C=O) groups excluding carboxylic acids is 1. The molecular formula is C12H21NO4. The molecule has 0 bridgehead atoms. The number of rotatable bonds is 1. The minimum atomic E-state index is -0.475. The molecule has 1 spiro atoms. The molecule has 0 aliphatic carbocycles. The number of ether oxygens (including phenoxy) is 2. The van der Waals surface area contributed by atoms with Gasteiger partial charge in [-0.25, -0.2) is 4.79 Å². The number of amides is 1. The number of hydrogen-bond acceptors (Lipinski definition) is 4. The zero-order valence-corrected chi connectivity index (χ0v) is 10.7. The Hall–Kier alpha value is -0.810. The number of hydrogen-bond donors (Lipinski definition) is 1. The molecule has 2 saturated heterocycles. The van der Waals surface area contributed by atoms with Crippen LogP contribution in [-0.2, 0) is 9.47 Å². The second-order valence-electron chi connectivity index (χ2n) is 6.10. The number of nitrogens with zero attached hydrogens (tertiary/aromatic N) is 1. The molecule has 17 heavy (non-hydrogen) atoms. The van der Waals surface area contributed by atoms with Crippen LogP contribution in [0.25, 0.3) is 0 Å². The van der Waals surface area contributed by atoms with Gasteiger partial charge in [-0.2, -0.15) is 0 Å². The van der Waals surface area contributed by atoms with Crippen molar-refractivity contribution in [3.05, 3.63) is 0 Å². The molecule has 0 radical (unpaired) electrons. The van der Waals surface area contributed by atoms with E-state index in [1.807, 2.05) is 20.8 Å². The lowest BCUT2D eigenvalue weighted by Crippen LogP contribution is -2.50. The summed E-state index contributed by atoms with van der Waals surface area (Å²) in [6, 6.07) is 0. The first-order chi connectivity index (χ1) is 7.86. The highest BCUT2D eigenvalue weighted by molar-refractivity contribution is 5.68. The maximum absolute atomic E-state index is 11.9. The van der Waals surface area contributed by atoms with E-state index in [0.29, 0.717) is 26.3 Å². The minimum Gasteiger partial charge on any atom is -0.444 e.